The third-order valence-corrected chi connectivity index (χ3v) is 3.76. The fraction of sp³-hybridized carbons (Fsp3) is 0.750. The van der Waals surface area contributed by atoms with E-state index in [4.69, 9.17) is 0 Å². The van der Waals surface area contributed by atoms with Crippen molar-refractivity contribution in [2.45, 2.75) is 26.3 Å². The lowest BCUT2D eigenvalue weighted by Gasteiger charge is -2.35. The highest BCUT2D eigenvalue weighted by Crippen LogP contribution is 2.21. The van der Waals surface area contributed by atoms with Crippen LogP contribution < -0.4 is 10.6 Å². The van der Waals surface area contributed by atoms with E-state index >= 15 is 0 Å². The van der Waals surface area contributed by atoms with Crippen molar-refractivity contribution in [2.24, 2.45) is 11.8 Å². The number of amides is 3. The van der Waals surface area contributed by atoms with Gasteiger partial charge in [-0.1, -0.05) is 13.8 Å². The van der Waals surface area contributed by atoms with E-state index < -0.39 is 11.9 Å². The molecule has 3 unspecified atom stereocenters. The standard InChI is InChI=1S/C12H19N3O3/c1-3-9-11(17)14-10(16)6-15(9)12(18)8-5-13-4-7(8)2/h7-9,13H,3-6H2,1-2H3,(H,14,16,17). The fourth-order valence-electron chi connectivity index (χ4n) is 2.66. The van der Waals surface area contributed by atoms with E-state index in [0.717, 1.165) is 6.54 Å². The zero-order valence-electron chi connectivity index (χ0n) is 10.7. The number of nitrogens with one attached hydrogen (secondary N) is 2. The Hall–Kier alpha value is -1.43. The Bertz CT molecular complexity index is 383. The molecule has 18 heavy (non-hydrogen) atoms. The fourth-order valence-corrected chi connectivity index (χ4v) is 2.66. The van der Waals surface area contributed by atoms with E-state index in [0.29, 0.717) is 13.0 Å². The Morgan fingerprint density at radius 2 is 2.11 bits per heavy atom. The SMILES string of the molecule is CCC1C(=O)NC(=O)CN1C(=O)C1CNCC1C. The van der Waals surface area contributed by atoms with Crippen molar-refractivity contribution in [3.05, 3.63) is 0 Å². The van der Waals surface area contributed by atoms with Crippen LogP contribution in [0.2, 0.25) is 0 Å². The maximum absolute atomic E-state index is 12.4. The van der Waals surface area contributed by atoms with Crippen molar-refractivity contribution in [2.75, 3.05) is 19.6 Å². The molecule has 0 spiro atoms. The smallest absolute Gasteiger partial charge is 0.249 e. The van der Waals surface area contributed by atoms with Gasteiger partial charge in [0.25, 0.3) is 0 Å². The van der Waals surface area contributed by atoms with E-state index in [1.807, 2.05) is 13.8 Å². The van der Waals surface area contributed by atoms with Gasteiger partial charge in [0.2, 0.25) is 17.7 Å². The molecule has 2 aliphatic rings. The molecule has 2 saturated heterocycles. The zero-order chi connectivity index (χ0) is 13.3. The lowest BCUT2D eigenvalue weighted by Crippen LogP contribution is -2.61. The van der Waals surface area contributed by atoms with Crippen molar-refractivity contribution in [3.8, 4) is 0 Å². The number of carbonyl (C=O) groups excluding carboxylic acids is 3. The number of hydrogen-bond acceptors (Lipinski definition) is 4. The average Bonchev–Trinajstić information content (AvgIpc) is 2.73. The van der Waals surface area contributed by atoms with Gasteiger partial charge in [-0.05, 0) is 18.9 Å². The van der Waals surface area contributed by atoms with E-state index in [1.54, 1.807) is 0 Å². The van der Waals surface area contributed by atoms with Crippen LogP contribution in [0.1, 0.15) is 20.3 Å². The van der Waals surface area contributed by atoms with E-state index in [1.165, 1.54) is 4.90 Å². The van der Waals surface area contributed by atoms with Gasteiger partial charge in [-0.3, -0.25) is 19.7 Å². The number of rotatable bonds is 2. The summed E-state index contributed by atoms with van der Waals surface area (Å²) in [6, 6.07) is -0.511. The Kier molecular flexibility index (Phi) is 3.65. The Balaban J connectivity index is 2.15. The summed E-state index contributed by atoms with van der Waals surface area (Å²) in [4.78, 5) is 37.0. The summed E-state index contributed by atoms with van der Waals surface area (Å²) in [6.45, 7) is 5.28. The second-order valence-electron chi connectivity index (χ2n) is 5.04. The number of carbonyl (C=O) groups is 3. The first-order chi connectivity index (χ1) is 8.54. The highest BCUT2D eigenvalue weighted by Gasteiger charge is 2.40. The van der Waals surface area contributed by atoms with Gasteiger partial charge in [-0.15, -0.1) is 0 Å². The van der Waals surface area contributed by atoms with Gasteiger partial charge in [-0.25, -0.2) is 0 Å². The third-order valence-electron chi connectivity index (χ3n) is 3.76. The highest BCUT2D eigenvalue weighted by molar-refractivity contribution is 6.04. The van der Waals surface area contributed by atoms with Crippen LogP contribution in [-0.2, 0) is 14.4 Å². The van der Waals surface area contributed by atoms with Crippen LogP contribution in [0.5, 0.6) is 0 Å². The van der Waals surface area contributed by atoms with Gasteiger partial charge in [0, 0.05) is 6.54 Å². The van der Waals surface area contributed by atoms with E-state index in [2.05, 4.69) is 10.6 Å². The molecular weight excluding hydrogens is 234 g/mol. The van der Waals surface area contributed by atoms with Crippen molar-refractivity contribution < 1.29 is 14.4 Å². The van der Waals surface area contributed by atoms with Crippen LogP contribution >= 0.6 is 0 Å². The molecule has 0 saturated carbocycles. The predicted octanol–water partition coefficient (Wildman–Crippen LogP) is -0.894. The first-order valence-electron chi connectivity index (χ1n) is 6.39. The average molecular weight is 253 g/mol. The molecule has 2 N–H and O–H groups in total. The minimum absolute atomic E-state index is 0.00764. The molecular formula is C12H19N3O3. The van der Waals surface area contributed by atoms with Crippen LogP contribution in [0.3, 0.4) is 0 Å². The lowest BCUT2D eigenvalue weighted by atomic mass is 9.95. The first-order valence-corrected chi connectivity index (χ1v) is 6.39. The van der Waals surface area contributed by atoms with Crippen LogP contribution in [0.4, 0.5) is 0 Å². The second-order valence-corrected chi connectivity index (χ2v) is 5.04. The van der Waals surface area contributed by atoms with Crippen LogP contribution in [-0.4, -0.2) is 48.3 Å². The molecule has 0 aliphatic carbocycles. The van der Waals surface area contributed by atoms with Gasteiger partial charge in [-0.2, -0.15) is 0 Å². The van der Waals surface area contributed by atoms with Crippen molar-refractivity contribution >= 4 is 17.7 Å². The normalized spacial score (nSPS) is 32.6. The molecule has 2 aliphatic heterocycles. The molecule has 2 fully saturated rings. The molecule has 6 heteroatoms. The molecule has 0 aromatic carbocycles. The van der Waals surface area contributed by atoms with Crippen molar-refractivity contribution in [3.63, 3.8) is 0 Å². The summed E-state index contributed by atoms with van der Waals surface area (Å²) in [6.07, 6.45) is 0.527. The number of hydrogen-bond donors (Lipinski definition) is 2. The zero-order valence-corrected chi connectivity index (χ0v) is 10.7. The van der Waals surface area contributed by atoms with Gasteiger partial charge in [0.1, 0.15) is 12.6 Å². The van der Waals surface area contributed by atoms with Crippen LogP contribution in [0, 0.1) is 11.8 Å². The van der Waals surface area contributed by atoms with Crippen LogP contribution in [0.25, 0.3) is 0 Å². The Morgan fingerprint density at radius 1 is 1.39 bits per heavy atom. The summed E-state index contributed by atoms with van der Waals surface area (Å²) in [5, 5.41) is 5.44. The number of piperazine rings is 1. The summed E-state index contributed by atoms with van der Waals surface area (Å²) in [5.74, 6) is -0.715. The van der Waals surface area contributed by atoms with Gasteiger partial charge in [0.15, 0.2) is 0 Å². The molecule has 0 aromatic rings. The Morgan fingerprint density at radius 3 is 2.67 bits per heavy atom. The molecule has 0 bridgehead atoms. The van der Waals surface area contributed by atoms with Crippen molar-refractivity contribution in [1.29, 1.82) is 0 Å². The van der Waals surface area contributed by atoms with E-state index in [9.17, 15) is 14.4 Å². The molecule has 100 valence electrons. The van der Waals surface area contributed by atoms with Gasteiger partial charge >= 0.3 is 0 Å². The quantitative estimate of drug-likeness (QED) is 0.626. The first kappa shape index (κ1) is 13.0. The monoisotopic (exact) mass is 253 g/mol. The molecule has 6 nitrogen and oxygen atoms in total. The maximum atomic E-state index is 12.4. The molecule has 2 rings (SSSR count). The van der Waals surface area contributed by atoms with Crippen molar-refractivity contribution in [1.82, 2.24) is 15.5 Å². The maximum Gasteiger partial charge on any atom is 0.249 e. The third kappa shape index (κ3) is 2.25. The molecule has 0 radical (unpaired) electrons. The lowest BCUT2D eigenvalue weighted by molar-refractivity contribution is -0.152. The summed E-state index contributed by atoms with van der Waals surface area (Å²) in [5.41, 5.74) is 0. The molecule has 0 aromatic heterocycles. The molecule has 2 heterocycles. The highest BCUT2D eigenvalue weighted by atomic mass is 16.2. The predicted molar refractivity (Wildman–Crippen MR) is 64.5 cm³/mol. The van der Waals surface area contributed by atoms with Crippen LogP contribution in [0.15, 0.2) is 0 Å². The topological polar surface area (TPSA) is 78.5 Å². The summed E-state index contributed by atoms with van der Waals surface area (Å²) >= 11 is 0. The minimum Gasteiger partial charge on any atom is -0.321 e. The molecule has 3 atom stereocenters. The summed E-state index contributed by atoms with van der Waals surface area (Å²) in [7, 11) is 0. The van der Waals surface area contributed by atoms with Gasteiger partial charge < -0.3 is 10.2 Å². The number of nitrogens with zero attached hydrogens (tertiary/aromatic N) is 1. The van der Waals surface area contributed by atoms with Gasteiger partial charge in [0.05, 0.1) is 5.92 Å². The minimum atomic E-state index is -0.511. The molecule has 3 amide bonds. The largest absolute Gasteiger partial charge is 0.321 e. The van der Waals surface area contributed by atoms with E-state index in [-0.39, 0.29) is 30.2 Å². The summed E-state index contributed by atoms with van der Waals surface area (Å²) < 4.78 is 0. The number of imide groups is 1. The second kappa shape index (κ2) is 5.06. The Labute approximate surface area is 106 Å².